The molecule has 5 heteroatoms. The summed E-state index contributed by atoms with van der Waals surface area (Å²) in [5, 5.41) is 18.3. The van der Waals surface area contributed by atoms with Crippen LogP contribution in [0.3, 0.4) is 0 Å². The van der Waals surface area contributed by atoms with Crippen LogP contribution in [0, 0.1) is 11.3 Å². The standard InChI is InChI=1S/C17H16N2O3/c1-11(2)15-8-7-12(9-18)16(20)19(15)10-13-5-3-4-6-14(13)17(21)22/h3-8,11H,10H2,1-2H3,(H,21,22). The van der Waals surface area contributed by atoms with Crippen molar-refractivity contribution in [3.8, 4) is 6.07 Å². The first-order chi connectivity index (χ1) is 10.5. The zero-order valence-electron chi connectivity index (χ0n) is 12.4. The van der Waals surface area contributed by atoms with Gasteiger partial charge in [-0.15, -0.1) is 0 Å². The maximum atomic E-state index is 12.4. The van der Waals surface area contributed by atoms with Crippen molar-refractivity contribution in [3.63, 3.8) is 0 Å². The van der Waals surface area contributed by atoms with E-state index in [4.69, 9.17) is 5.26 Å². The van der Waals surface area contributed by atoms with Crippen LogP contribution >= 0.6 is 0 Å². The average Bonchev–Trinajstić information content (AvgIpc) is 2.49. The number of nitrogens with zero attached hydrogens (tertiary/aromatic N) is 2. The van der Waals surface area contributed by atoms with E-state index in [1.54, 1.807) is 24.3 Å². The van der Waals surface area contributed by atoms with Crippen LogP contribution in [0.4, 0.5) is 0 Å². The molecule has 0 amide bonds. The number of rotatable bonds is 4. The molecule has 0 aliphatic rings. The summed E-state index contributed by atoms with van der Waals surface area (Å²) in [4.78, 5) is 23.7. The molecule has 0 bridgehead atoms. The lowest BCUT2D eigenvalue weighted by Gasteiger charge is -2.17. The van der Waals surface area contributed by atoms with Crippen molar-refractivity contribution in [1.29, 1.82) is 5.26 Å². The molecular formula is C17H16N2O3. The molecule has 1 aromatic heterocycles. The van der Waals surface area contributed by atoms with Gasteiger partial charge in [-0.05, 0) is 29.7 Å². The number of carboxylic acids is 1. The Kier molecular flexibility index (Phi) is 4.42. The van der Waals surface area contributed by atoms with Crippen LogP contribution < -0.4 is 5.56 Å². The zero-order chi connectivity index (χ0) is 16.3. The molecule has 0 saturated carbocycles. The lowest BCUT2D eigenvalue weighted by molar-refractivity contribution is 0.0695. The topological polar surface area (TPSA) is 83.1 Å². The van der Waals surface area contributed by atoms with Gasteiger partial charge < -0.3 is 9.67 Å². The van der Waals surface area contributed by atoms with Crippen LogP contribution in [0.2, 0.25) is 0 Å². The molecule has 1 aromatic carbocycles. The quantitative estimate of drug-likeness (QED) is 0.940. The Morgan fingerprint density at radius 1 is 1.27 bits per heavy atom. The van der Waals surface area contributed by atoms with Gasteiger partial charge in [-0.1, -0.05) is 32.0 Å². The zero-order valence-corrected chi connectivity index (χ0v) is 12.4. The Hall–Kier alpha value is -2.87. The molecule has 5 nitrogen and oxygen atoms in total. The summed E-state index contributed by atoms with van der Waals surface area (Å²) in [7, 11) is 0. The highest BCUT2D eigenvalue weighted by Gasteiger charge is 2.15. The minimum absolute atomic E-state index is 0.0530. The van der Waals surface area contributed by atoms with Gasteiger partial charge in [0.2, 0.25) is 0 Å². The first-order valence-electron chi connectivity index (χ1n) is 6.90. The first kappa shape index (κ1) is 15.5. The summed E-state index contributed by atoms with van der Waals surface area (Å²) >= 11 is 0. The van der Waals surface area contributed by atoms with Gasteiger partial charge >= 0.3 is 5.97 Å². The predicted octanol–water partition coefficient (Wildman–Crippen LogP) is 2.59. The van der Waals surface area contributed by atoms with Crippen LogP contribution in [-0.4, -0.2) is 15.6 Å². The summed E-state index contributed by atoms with van der Waals surface area (Å²) in [6.07, 6.45) is 0. The number of aromatic carboxylic acids is 1. The fraction of sp³-hybridized carbons (Fsp3) is 0.235. The number of nitriles is 1. The third kappa shape index (κ3) is 2.91. The second-order valence-electron chi connectivity index (χ2n) is 5.29. The number of carboxylic acid groups (broad SMARTS) is 1. The van der Waals surface area contributed by atoms with E-state index in [0.717, 1.165) is 5.69 Å². The lowest BCUT2D eigenvalue weighted by atomic mass is 10.0. The maximum absolute atomic E-state index is 12.4. The fourth-order valence-electron chi connectivity index (χ4n) is 2.38. The molecular weight excluding hydrogens is 280 g/mol. The van der Waals surface area contributed by atoms with Crippen molar-refractivity contribution in [1.82, 2.24) is 4.57 Å². The number of hydrogen-bond acceptors (Lipinski definition) is 3. The number of pyridine rings is 1. The first-order valence-corrected chi connectivity index (χ1v) is 6.90. The molecule has 0 fully saturated rings. The molecule has 0 radical (unpaired) electrons. The second-order valence-corrected chi connectivity index (χ2v) is 5.29. The SMILES string of the molecule is CC(C)c1ccc(C#N)c(=O)n1Cc1ccccc1C(=O)O. The molecule has 22 heavy (non-hydrogen) atoms. The molecule has 112 valence electrons. The van der Waals surface area contributed by atoms with Gasteiger partial charge in [0.25, 0.3) is 5.56 Å². The Balaban J connectivity index is 2.61. The highest BCUT2D eigenvalue weighted by atomic mass is 16.4. The third-order valence-corrected chi connectivity index (χ3v) is 3.50. The van der Waals surface area contributed by atoms with Crippen molar-refractivity contribution in [2.24, 2.45) is 0 Å². The van der Waals surface area contributed by atoms with Crippen molar-refractivity contribution >= 4 is 5.97 Å². The van der Waals surface area contributed by atoms with Crippen molar-refractivity contribution in [3.05, 3.63) is 69.1 Å². The summed E-state index contributed by atoms with van der Waals surface area (Å²) in [5.74, 6) is -0.955. The largest absolute Gasteiger partial charge is 0.478 e. The van der Waals surface area contributed by atoms with Gasteiger partial charge in [0.05, 0.1) is 12.1 Å². The van der Waals surface area contributed by atoms with Gasteiger partial charge in [-0.25, -0.2) is 4.79 Å². The van der Waals surface area contributed by atoms with Crippen LogP contribution in [0.1, 0.15) is 46.9 Å². The van der Waals surface area contributed by atoms with E-state index in [-0.39, 0.29) is 23.6 Å². The minimum atomic E-state index is -1.04. The molecule has 0 saturated heterocycles. The average molecular weight is 296 g/mol. The van der Waals surface area contributed by atoms with E-state index in [2.05, 4.69) is 0 Å². The van der Waals surface area contributed by atoms with Crippen molar-refractivity contribution in [2.75, 3.05) is 0 Å². The van der Waals surface area contributed by atoms with Gasteiger partial charge in [0.15, 0.2) is 0 Å². The predicted molar refractivity (Wildman–Crippen MR) is 82.0 cm³/mol. The summed E-state index contributed by atoms with van der Waals surface area (Å²) in [6.45, 7) is 4.02. The molecule has 2 aromatic rings. The Bertz CT molecular complexity index is 813. The molecule has 0 atom stereocenters. The van der Waals surface area contributed by atoms with Crippen LogP contribution in [0.5, 0.6) is 0 Å². The van der Waals surface area contributed by atoms with E-state index in [9.17, 15) is 14.7 Å². The summed E-state index contributed by atoms with van der Waals surface area (Å²) in [6, 6.07) is 11.7. The van der Waals surface area contributed by atoms with E-state index in [1.807, 2.05) is 19.9 Å². The molecule has 0 aliphatic carbocycles. The smallest absolute Gasteiger partial charge is 0.336 e. The van der Waals surface area contributed by atoms with Gasteiger partial charge in [0.1, 0.15) is 11.6 Å². The highest BCUT2D eigenvalue weighted by molar-refractivity contribution is 5.89. The second kappa shape index (κ2) is 6.27. The molecule has 0 aliphatic heterocycles. The van der Waals surface area contributed by atoms with Gasteiger partial charge in [-0.2, -0.15) is 5.26 Å². The van der Waals surface area contributed by atoms with Crippen LogP contribution in [0.15, 0.2) is 41.2 Å². The van der Waals surface area contributed by atoms with Gasteiger partial charge in [-0.3, -0.25) is 4.79 Å². The molecule has 0 unspecified atom stereocenters. The van der Waals surface area contributed by atoms with Gasteiger partial charge in [0, 0.05) is 5.69 Å². The monoisotopic (exact) mass is 296 g/mol. The summed E-state index contributed by atoms with van der Waals surface area (Å²) in [5.41, 5.74) is 1.12. The molecule has 1 heterocycles. The fourth-order valence-corrected chi connectivity index (χ4v) is 2.38. The van der Waals surface area contributed by atoms with E-state index in [0.29, 0.717) is 5.56 Å². The van der Waals surface area contributed by atoms with Crippen LogP contribution in [0.25, 0.3) is 0 Å². The Morgan fingerprint density at radius 3 is 2.55 bits per heavy atom. The van der Waals surface area contributed by atoms with E-state index >= 15 is 0 Å². The highest BCUT2D eigenvalue weighted by Crippen LogP contribution is 2.16. The minimum Gasteiger partial charge on any atom is -0.478 e. The number of carbonyl (C=O) groups is 1. The number of hydrogen-bond donors (Lipinski definition) is 1. The molecule has 0 spiro atoms. The third-order valence-electron chi connectivity index (χ3n) is 3.50. The van der Waals surface area contributed by atoms with E-state index < -0.39 is 11.5 Å². The maximum Gasteiger partial charge on any atom is 0.336 e. The van der Waals surface area contributed by atoms with Crippen molar-refractivity contribution in [2.45, 2.75) is 26.3 Å². The summed E-state index contributed by atoms with van der Waals surface area (Å²) < 4.78 is 1.48. The Labute approximate surface area is 128 Å². The molecule has 1 N–H and O–H groups in total. The molecule has 2 rings (SSSR count). The lowest BCUT2D eigenvalue weighted by Crippen LogP contribution is -2.27. The Morgan fingerprint density at radius 2 is 1.95 bits per heavy atom. The normalized spacial score (nSPS) is 10.5. The van der Waals surface area contributed by atoms with Crippen LogP contribution in [-0.2, 0) is 6.54 Å². The van der Waals surface area contributed by atoms with E-state index in [1.165, 1.54) is 16.7 Å². The number of aromatic nitrogens is 1. The number of benzene rings is 1. The van der Waals surface area contributed by atoms with Crippen molar-refractivity contribution < 1.29 is 9.90 Å².